The molecule has 0 radical (unpaired) electrons. The number of rotatable bonds is 4. The Balaban J connectivity index is 2.10. The summed E-state index contributed by atoms with van der Waals surface area (Å²) in [5, 5.41) is 2.97. The molecule has 0 saturated heterocycles. The fraction of sp³-hybridized carbons (Fsp3) is 0.500. The number of nitrogens with two attached hydrogens (primary N) is 1. The Morgan fingerprint density at radius 2 is 2.12 bits per heavy atom. The van der Waals surface area contributed by atoms with Crippen molar-refractivity contribution in [3.8, 4) is 0 Å². The normalized spacial score (nSPS) is 17.3. The molecule has 3 N–H and O–H groups in total. The smallest absolute Gasteiger partial charge is 0.244 e. The Bertz CT molecular complexity index is 410. The van der Waals surface area contributed by atoms with E-state index in [0.717, 1.165) is 37.8 Å². The number of amides is 1. The molecule has 1 amide bonds. The lowest BCUT2D eigenvalue weighted by molar-refractivity contribution is -0.123. The van der Waals surface area contributed by atoms with Crippen LogP contribution in [0.3, 0.4) is 0 Å². The highest BCUT2D eigenvalue weighted by Crippen LogP contribution is 2.30. The SMILES string of the molecule is CCCc1ccccc1NC(=O)C1(N)CCC1. The summed E-state index contributed by atoms with van der Waals surface area (Å²) in [5.41, 5.74) is 7.48. The number of aryl methyl sites for hydroxylation is 1. The zero-order valence-corrected chi connectivity index (χ0v) is 10.3. The summed E-state index contributed by atoms with van der Waals surface area (Å²) in [7, 11) is 0. The van der Waals surface area contributed by atoms with Gasteiger partial charge in [0.05, 0.1) is 5.54 Å². The van der Waals surface area contributed by atoms with Crippen molar-refractivity contribution in [2.45, 2.75) is 44.6 Å². The highest BCUT2D eigenvalue weighted by atomic mass is 16.2. The molecule has 17 heavy (non-hydrogen) atoms. The van der Waals surface area contributed by atoms with Crippen molar-refractivity contribution >= 4 is 11.6 Å². The first-order chi connectivity index (χ1) is 8.15. The third-order valence-corrected chi connectivity index (χ3v) is 3.48. The van der Waals surface area contributed by atoms with E-state index in [1.807, 2.05) is 18.2 Å². The number of para-hydroxylation sites is 1. The van der Waals surface area contributed by atoms with Crippen LogP contribution < -0.4 is 11.1 Å². The van der Waals surface area contributed by atoms with Gasteiger partial charge >= 0.3 is 0 Å². The summed E-state index contributed by atoms with van der Waals surface area (Å²) in [6.07, 6.45) is 4.71. The fourth-order valence-corrected chi connectivity index (χ4v) is 2.16. The van der Waals surface area contributed by atoms with Crippen molar-refractivity contribution in [2.75, 3.05) is 5.32 Å². The second-order valence-electron chi connectivity index (χ2n) is 4.87. The molecule has 3 heteroatoms. The average molecular weight is 232 g/mol. The predicted octanol–water partition coefficient (Wildman–Crippen LogP) is 2.46. The minimum atomic E-state index is -0.626. The molecule has 0 aliphatic heterocycles. The van der Waals surface area contributed by atoms with E-state index in [0.29, 0.717) is 0 Å². The summed E-state index contributed by atoms with van der Waals surface area (Å²) in [4.78, 5) is 12.0. The summed E-state index contributed by atoms with van der Waals surface area (Å²) < 4.78 is 0. The maximum absolute atomic E-state index is 12.0. The van der Waals surface area contributed by atoms with E-state index in [4.69, 9.17) is 5.73 Å². The Hall–Kier alpha value is -1.35. The molecule has 2 rings (SSSR count). The second-order valence-corrected chi connectivity index (χ2v) is 4.87. The summed E-state index contributed by atoms with van der Waals surface area (Å²) >= 11 is 0. The quantitative estimate of drug-likeness (QED) is 0.837. The van der Waals surface area contributed by atoms with Gasteiger partial charge in [0.1, 0.15) is 0 Å². The minimum absolute atomic E-state index is 0.0349. The van der Waals surface area contributed by atoms with Gasteiger partial charge in [-0.05, 0) is 37.3 Å². The largest absolute Gasteiger partial charge is 0.324 e. The molecule has 1 saturated carbocycles. The van der Waals surface area contributed by atoms with Crippen LogP contribution in [0.25, 0.3) is 0 Å². The van der Waals surface area contributed by atoms with E-state index < -0.39 is 5.54 Å². The fourth-order valence-electron chi connectivity index (χ4n) is 2.16. The van der Waals surface area contributed by atoms with Crippen LogP contribution in [0.5, 0.6) is 0 Å². The zero-order valence-electron chi connectivity index (χ0n) is 10.3. The molecule has 0 bridgehead atoms. The van der Waals surface area contributed by atoms with Gasteiger partial charge < -0.3 is 11.1 Å². The van der Waals surface area contributed by atoms with Crippen LogP contribution in [0.15, 0.2) is 24.3 Å². The number of hydrogen-bond acceptors (Lipinski definition) is 2. The lowest BCUT2D eigenvalue weighted by Crippen LogP contribution is -2.56. The van der Waals surface area contributed by atoms with Crippen LogP contribution >= 0.6 is 0 Å². The van der Waals surface area contributed by atoms with Gasteiger partial charge in [0.2, 0.25) is 5.91 Å². The van der Waals surface area contributed by atoms with Crippen molar-refractivity contribution in [3.63, 3.8) is 0 Å². The van der Waals surface area contributed by atoms with Crippen LogP contribution in [0.1, 0.15) is 38.2 Å². The predicted molar refractivity (Wildman–Crippen MR) is 69.8 cm³/mol. The van der Waals surface area contributed by atoms with Crippen molar-refractivity contribution in [3.05, 3.63) is 29.8 Å². The number of carbonyl (C=O) groups excluding carboxylic acids is 1. The topological polar surface area (TPSA) is 55.1 Å². The number of carbonyl (C=O) groups is 1. The molecular weight excluding hydrogens is 212 g/mol. The Labute approximate surface area is 102 Å². The molecule has 92 valence electrons. The van der Waals surface area contributed by atoms with Crippen molar-refractivity contribution < 1.29 is 4.79 Å². The summed E-state index contributed by atoms with van der Waals surface area (Å²) in [6, 6.07) is 7.95. The highest BCUT2D eigenvalue weighted by molar-refractivity contribution is 5.99. The first kappa shape index (κ1) is 12.1. The Morgan fingerprint density at radius 3 is 2.71 bits per heavy atom. The highest BCUT2D eigenvalue weighted by Gasteiger charge is 2.40. The molecule has 1 aromatic carbocycles. The van der Waals surface area contributed by atoms with Crippen molar-refractivity contribution in [1.82, 2.24) is 0 Å². The van der Waals surface area contributed by atoms with Gasteiger partial charge in [-0.1, -0.05) is 31.5 Å². The van der Waals surface area contributed by atoms with Crippen molar-refractivity contribution in [2.24, 2.45) is 5.73 Å². The van der Waals surface area contributed by atoms with Gasteiger partial charge in [-0.25, -0.2) is 0 Å². The summed E-state index contributed by atoms with van der Waals surface area (Å²) in [6.45, 7) is 2.13. The van der Waals surface area contributed by atoms with Crippen LogP contribution in [0, 0.1) is 0 Å². The Kier molecular flexibility index (Phi) is 3.48. The van der Waals surface area contributed by atoms with Crippen molar-refractivity contribution in [1.29, 1.82) is 0 Å². The van der Waals surface area contributed by atoms with E-state index in [-0.39, 0.29) is 5.91 Å². The molecule has 0 aromatic heterocycles. The van der Waals surface area contributed by atoms with Gasteiger partial charge in [0.25, 0.3) is 0 Å². The number of nitrogens with one attached hydrogen (secondary N) is 1. The number of anilines is 1. The van der Waals surface area contributed by atoms with E-state index in [9.17, 15) is 4.79 Å². The van der Waals surface area contributed by atoms with Gasteiger partial charge in [-0.15, -0.1) is 0 Å². The molecule has 1 aliphatic carbocycles. The molecule has 1 fully saturated rings. The lowest BCUT2D eigenvalue weighted by Gasteiger charge is -2.36. The van der Waals surface area contributed by atoms with Crippen LogP contribution in [0.2, 0.25) is 0 Å². The van der Waals surface area contributed by atoms with Gasteiger partial charge in [0, 0.05) is 5.69 Å². The van der Waals surface area contributed by atoms with E-state index in [2.05, 4.69) is 18.3 Å². The third-order valence-electron chi connectivity index (χ3n) is 3.48. The lowest BCUT2D eigenvalue weighted by atomic mass is 9.77. The summed E-state index contributed by atoms with van der Waals surface area (Å²) in [5.74, 6) is -0.0349. The molecule has 0 spiro atoms. The maximum Gasteiger partial charge on any atom is 0.244 e. The molecule has 3 nitrogen and oxygen atoms in total. The second kappa shape index (κ2) is 4.88. The molecule has 0 heterocycles. The molecule has 1 aliphatic rings. The minimum Gasteiger partial charge on any atom is -0.324 e. The van der Waals surface area contributed by atoms with E-state index in [1.165, 1.54) is 5.56 Å². The van der Waals surface area contributed by atoms with Gasteiger partial charge in [-0.2, -0.15) is 0 Å². The standard InChI is InChI=1S/C14H20N2O/c1-2-6-11-7-3-4-8-12(11)16-13(17)14(15)9-5-10-14/h3-4,7-8H,2,5-6,9-10,15H2,1H3,(H,16,17). The Morgan fingerprint density at radius 1 is 1.41 bits per heavy atom. The molecule has 1 aromatic rings. The maximum atomic E-state index is 12.0. The van der Waals surface area contributed by atoms with Crippen LogP contribution in [0.4, 0.5) is 5.69 Å². The van der Waals surface area contributed by atoms with Crippen LogP contribution in [-0.2, 0) is 11.2 Å². The molecule has 0 atom stereocenters. The molecular formula is C14H20N2O. The average Bonchev–Trinajstić information content (AvgIpc) is 2.29. The first-order valence-electron chi connectivity index (χ1n) is 6.34. The third kappa shape index (κ3) is 2.50. The van der Waals surface area contributed by atoms with Crippen LogP contribution in [-0.4, -0.2) is 11.4 Å². The molecule has 0 unspecified atom stereocenters. The van der Waals surface area contributed by atoms with Gasteiger partial charge in [0.15, 0.2) is 0 Å². The number of hydrogen-bond donors (Lipinski definition) is 2. The monoisotopic (exact) mass is 232 g/mol. The van der Waals surface area contributed by atoms with E-state index >= 15 is 0 Å². The van der Waals surface area contributed by atoms with Gasteiger partial charge in [-0.3, -0.25) is 4.79 Å². The zero-order chi connectivity index (χ0) is 12.3. The first-order valence-corrected chi connectivity index (χ1v) is 6.34. The number of benzene rings is 1. The van der Waals surface area contributed by atoms with E-state index in [1.54, 1.807) is 0 Å².